The number of rotatable bonds is 3. The Kier molecular flexibility index (Phi) is 5.27. The van der Waals surface area contributed by atoms with E-state index in [2.05, 4.69) is 5.32 Å². The largest absolute Gasteiger partial charge is 0.453 e. The first kappa shape index (κ1) is 18.7. The molecule has 0 unspecified atom stereocenters. The number of amides is 2. The van der Waals surface area contributed by atoms with Crippen molar-refractivity contribution in [2.75, 3.05) is 19.0 Å². The summed E-state index contributed by atoms with van der Waals surface area (Å²) in [7, 11) is 1.33. The van der Waals surface area contributed by atoms with E-state index in [4.69, 9.17) is 16.3 Å². The molecule has 2 aromatic rings. The third-order valence-electron chi connectivity index (χ3n) is 4.31. The maximum atomic E-state index is 12.4. The van der Waals surface area contributed by atoms with Gasteiger partial charge in [-0.15, -0.1) is 0 Å². The van der Waals surface area contributed by atoms with Crippen molar-refractivity contribution >= 4 is 35.0 Å². The summed E-state index contributed by atoms with van der Waals surface area (Å²) in [6, 6.07) is 9.30. The van der Waals surface area contributed by atoms with Crippen molar-refractivity contribution in [3.8, 4) is 0 Å². The number of carbonyl (C=O) groups is 2. The maximum absolute atomic E-state index is 12.4. The van der Waals surface area contributed by atoms with Gasteiger partial charge in [0.05, 0.1) is 12.0 Å². The lowest BCUT2D eigenvalue weighted by molar-refractivity contribution is -0.384. The molecule has 27 heavy (non-hydrogen) atoms. The molecule has 1 heterocycles. The molecule has 1 aliphatic heterocycles. The van der Waals surface area contributed by atoms with Crippen molar-refractivity contribution in [3.63, 3.8) is 0 Å². The highest BCUT2D eigenvalue weighted by Gasteiger charge is 2.22. The number of halogens is 1. The van der Waals surface area contributed by atoms with Gasteiger partial charge in [0.1, 0.15) is 5.02 Å². The molecule has 3 rings (SSSR count). The van der Waals surface area contributed by atoms with Crippen LogP contribution in [0.5, 0.6) is 0 Å². The molecule has 0 fully saturated rings. The second kappa shape index (κ2) is 7.63. The Labute approximate surface area is 159 Å². The molecule has 2 aromatic carbocycles. The first-order chi connectivity index (χ1) is 12.9. The number of hydrogen-bond donors (Lipinski definition) is 1. The van der Waals surface area contributed by atoms with Crippen LogP contribution in [0, 0.1) is 10.1 Å². The molecule has 0 spiro atoms. The highest BCUT2D eigenvalue weighted by molar-refractivity contribution is 6.32. The fourth-order valence-electron chi connectivity index (χ4n) is 2.92. The van der Waals surface area contributed by atoms with E-state index in [0.717, 1.165) is 17.2 Å². The van der Waals surface area contributed by atoms with Crippen molar-refractivity contribution in [3.05, 3.63) is 68.2 Å². The third-order valence-corrected chi connectivity index (χ3v) is 4.63. The summed E-state index contributed by atoms with van der Waals surface area (Å²) >= 11 is 5.77. The van der Waals surface area contributed by atoms with Crippen LogP contribution in [0.2, 0.25) is 5.02 Å². The molecule has 0 aliphatic carbocycles. The van der Waals surface area contributed by atoms with Gasteiger partial charge < -0.3 is 15.0 Å². The minimum absolute atomic E-state index is 0.0340. The Morgan fingerprint density at radius 1 is 1.22 bits per heavy atom. The Balaban J connectivity index is 1.79. The number of nitrogens with zero attached hydrogens (tertiary/aromatic N) is 2. The van der Waals surface area contributed by atoms with E-state index in [1.54, 1.807) is 17.0 Å². The fourth-order valence-corrected chi connectivity index (χ4v) is 3.10. The topological polar surface area (TPSA) is 102 Å². The summed E-state index contributed by atoms with van der Waals surface area (Å²) in [6.45, 7) is 0.956. The zero-order valence-corrected chi connectivity index (χ0v) is 15.2. The van der Waals surface area contributed by atoms with Crippen molar-refractivity contribution < 1.29 is 19.2 Å². The Hall–Kier alpha value is -3.13. The molecule has 9 heteroatoms. The minimum atomic E-state index is -0.639. The number of methoxy groups -OCH3 is 1. The van der Waals surface area contributed by atoms with E-state index < -0.39 is 16.9 Å². The normalized spacial score (nSPS) is 12.9. The number of nitrogens with one attached hydrogen (secondary N) is 1. The zero-order valence-electron chi connectivity index (χ0n) is 14.4. The van der Waals surface area contributed by atoms with Crippen molar-refractivity contribution in [1.29, 1.82) is 0 Å². The first-order valence-corrected chi connectivity index (χ1v) is 8.47. The van der Waals surface area contributed by atoms with Gasteiger partial charge in [-0.05, 0) is 41.8 Å². The minimum Gasteiger partial charge on any atom is -0.453 e. The van der Waals surface area contributed by atoms with Crippen LogP contribution in [0.1, 0.15) is 21.5 Å². The quantitative estimate of drug-likeness (QED) is 0.638. The number of carbonyl (C=O) groups excluding carboxylic acids is 2. The van der Waals surface area contributed by atoms with Crippen molar-refractivity contribution in [2.24, 2.45) is 0 Å². The van der Waals surface area contributed by atoms with Crippen LogP contribution in [0.3, 0.4) is 0 Å². The van der Waals surface area contributed by atoms with E-state index in [-0.39, 0.29) is 16.3 Å². The van der Waals surface area contributed by atoms with E-state index >= 15 is 0 Å². The van der Waals surface area contributed by atoms with Crippen LogP contribution >= 0.6 is 11.6 Å². The number of benzene rings is 2. The molecule has 1 N–H and O–H groups in total. The Morgan fingerprint density at radius 3 is 2.70 bits per heavy atom. The molecule has 1 aliphatic rings. The number of anilines is 1. The van der Waals surface area contributed by atoms with E-state index in [0.29, 0.717) is 25.2 Å². The van der Waals surface area contributed by atoms with Gasteiger partial charge in [0.2, 0.25) is 0 Å². The number of nitro benzene ring substituents is 1. The highest BCUT2D eigenvalue weighted by atomic mass is 35.5. The first-order valence-electron chi connectivity index (χ1n) is 8.09. The monoisotopic (exact) mass is 389 g/mol. The SMILES string of the molecule is COC(=O)N1CCc2ccc(NC(=O)c3ccc(Cl)c([N+](=O)[O-])c3)cc2C1. The lowest BCUT2D eigenvalue weighted by Gasteiger charge is -2.28. The molecule has 0 bridgehead atoms. The molecule has 0 radical (unpaired) electrons. The predicted molar refractivity (Wildman–Crippen MR) is 99.0 cm³/mol. The van der Waals surface area contributed by atoms with Gasteiger partial charge in [0.15, 0.2) is 0 Å². The number of nitro groups is 1. The van der Waals surface area contributed by atoms with Crippen LogP contribution in [0.15, 0.2) is 36.4 Å². The molecule has 140 valence electrons. The van der Waals surface area contributed by atoms with E-state index in [1.807, 2.05) is 6.07 Å². The summed E-state index contributed by atoms with van der Waals surface area (Å²) in [5, 5.41) is 13.7. The van der Waals surface area contributed by atoms with Gasteiger partial charge in [-0.3, -0.25) is 14.9 Å². The third kappa shape index (κ3) is 4.01. The van der Waals surface area contributed by atoms with Crippen LogP contribution in [-0.2, 0) is 17.7 Å². The molecule has 8 nitrogen and oxygen atoms in total. The Morgan fingerprint density at radius 2 is 2.00 bits per heavy atom. The second-order valence-electron chi connectivity index (χ2n) is 6.00. The Bertz CT molecular complexity index is 931. The van der Waals surface area contributed by atoms with Gasteiger partial charge in [-0.1, -0.05) is 17.7 Å². The number of hydrogen-bond acceptors (Lipinski definition) is 5. The van der Waals surface area contributed by atoms with Crippen LogP contribution in [-0.4, -0.2) is 35.5 Å². The molecule has 0 aromatic heterocycles. The van der Waals surface area contributed by atoms with E-state index in [1.165, 1.54) is 19.2 Å². The van der Waals surface area contributed by atoms with Gasteiger partial charge in [-0.25, -0.2) is 4.79 Å². The van der Waals surface area contributed by atoms with Crippen LogP contribution in [0.25, 0.3) is 0 Å². The average molecular weight is 390 g/mol. The average Bonchev–Trinajstić information content (AvgIpc) is 2.66. The summed E-state index contributed by atoms with van der Waals surface area (Å²) in [6.07, 6.45) is 0.297. The van der Waals surface area contributed by atoms with Gasteiger partial charge in [0.25, 0.3) is 11.6 Å². The summed E-state index contributed by atoms with van der Waals surface area (Å²) < 4.78 is 4.75. The molecular weight excluding hydrogens is 374 g/mol. The van der Waals surface area contributed by atoms with Crippen LogP contribution in [0.4, 0.5) is 16.2 Å². The van der Waals surface area contributed by atoms with Crippen LogP contribution < -0.4 is 5.32 Å². The molecule has 0 saturated heterocycles. The fraction of sp³-hybridized carbons (Fsp3) is 0.222. The predicted octanol–water partition coefficient (Wildman–Crippen LogP) is 3.63. The molecular formula is C18H16ClN3O5. The van der Waals surface area contributed by atoms with Gasteiger partial charge in [0, 0.05) is 30.4 Å². The standard InChI is InChI=1S/C18H16ClN3O5/c1-27-18(24)21-7-6-11-2-4-14(8-13(11)10-21)20-17(23)12-3-5-15(19)16(9-12)22(25)26/h2-5,8-9H,6-7,10H2,1H3,(H,20,23). The summed E-state index contributed by atoms with van der Waals surface area (Å²) in [5.74, 6) is -0.490. The second-order valence-corrected chi connectivity index (χ2v) is 6.41. The molecule has 0 saturated carbocycles. The van der Waals surface area contributed by atoms with Gasteiger partial charge in [-0.2, -0.15) is 0 Å². The highest BCUT2D eigenvalue weighted by Crippen LogP contribution is 2.26. The van der Waals surface area contributed by atoms with Crippen molar-refractivity contribution in [2.45, 2.75) is 13.0 Å². The summed E-state index contributed by atoms with van der Waals surface area (Å²) in [5.41, 5.74) is 2.33. The van der Waals surface area contributed by atoms with Gasteiger partial charge >= 0.3 is 6.09 Å². The lowest BCUT2D eigenvalue weighted by Crippen LogP contribution is -2.35. The summed E-state index contributed by atoms with van der Waals surface area (Å²) in [4.78, 5) is 36.0. The molecule has 2 amide bonds. The number of ether oxygens (including phenoxy) is 1. The molecule has 0 atom stereocenters. The maximum Gasteiger partial charge on any atom is 0.409 e. The lowest BCUT2D eigenvalue weighted by atomic mass is 9.99. The van der Waals surface area contributed by atoms with Crippen molar-refractivity contribution in [1.82, 2.24) is 4.90 Å². The zero-order chi connectivity index (χ0) is 19.6. The smallest absolute Gasteiger partial charge is 0.409 e. The van der Waals surface area contributed by atoms with E-state index in [9.17, 15) is 19.7 Å². The number of fused-ring (bicyclic) bond motifs is 1.